The third kappa shape index (κ3) is 4.51. The normalized spacial score (nSPS) is 18.4. The van der Waals surface area contributed by atoms with Crippen LogP contribution in [-0.2, 0) is 10.8 Å². The Bertz CT molecular complexity index is 1700. The molecule has 0 unspecified atom stereocenters. The predicted molar refractivity (Wildman–Crippen MR) is 178 cm³/mol. The van der Waals surface area contributed by atoms with E-state index in [9.17, 15) is 0 Å². The molecule has 0 N–H and O–H groups in total. The Hall–Kier alpha value is -3.39. The second-order valence-corrected chi connectivity index (χ2v) is 14.2. The highest BCUT2D eigenvalue weighted by Crippen LogP contribution is 2.52. The molecule has 0 atom stereocenters. The van der Waals surface area contributed by atoms with Crippen molar-refractivity contribution in [2.75, 3.05) is 18.0 Å². The number of hydrogen-bond acceptors (Lipinski definition) is 1. The second-order valence-electron chi connectivity index (χ2n) is 14.2. The zero-order chi connectivity index (χ0) is 29.1. The fraction of sp³-hybridized carbons (Fsp3) is 0.410. The quantitative estimate of drug-likeness (QED) is 0.210. The molecule has 2 heteroatoms. The van der Waals surface area contributed by atoms with Crippen molar-refractivity contribution in [1.82, 2.24) is 0 Å². The Morgan fingerprint density at radius 3 is 1.90 bits per heavy atom. The Morgan fingerprint density at radius 1 is 0.683 bits per heavy atom. The summed E-state index contributed by atoms with van der Waals surface area (Å²) in [5, 5.41) is 5.43. The van der Waals surface area contributed by atoms with Crippen LogP contribution in [-0.4, -0.2) is 23.4 Å². The number of nitrogens with zero attached hydrogens (tertiary/aromatic N) is 2. The first kappa shape index (κ1) is 27.8. The highest BCUT2D eigenvalue weighted by molar-refractivity contribution is 6.09. The molecular formula is C39H47N2+. The van der Waals surface area contributed by atoms with Crippen LogP contribution in [0.4, 0.5) is 11.4 Å². The van der Waals surface area contributed by atoms with Crippen molar-refractivity contribution in [2.45, 2.75) is 79.1 Å². The Morgan fingerprint density at radius 2 is 1.27 bits per heavy atom. The first-order valence-corrected chi connectivity index (χ1v) is 15.7. The number of hydrogen-bond donors (Lipinski definition) is 0. The van der Waals surface area contributed by atoms with Crippen molar-refractivity contribution in [3.63, 3.8) is 0 Å². The zero-order valence-corrected chi connectivity index (χ0v) is 26.4. The van der Waals surface area contributed by atoms with Crippen molar-refractivity contribution in [3.8, 4) is 0 Å². The molecule has 0 aliphatic carbocycles. The van der Waals surface area contributed by atoms with Crippen LogP contribution < -0.4 is 4.90 Å². The summed E-state index contributed by atoms with van der Waals surface area (Å²) in [6, 6.07) is 27.3. The van der Waals surface area contributed by atoms with E-state index in [4.69, 9.17) is 0 Å². The molecule has 0 saturated carbocycles. The van der Waals surface area contributed by atoms with E-state index < -0.39 is 0 Å². The average molecular weight is 544 g/mol. The van der Waals surface area contributed by atoms with Crippen LogP contribution in [0.3, 0.4) is 0 Å². The van der Waals surface area contributed by atoms with Gasteiger partial charge in [0, 0.05) is 47.5 Å². The lowest BCUT2D eigenvalue weighted by Gasteiger charge is -2.29. The van der Waals surface area contributed by atoms with E-state index >= 15 is 0 Å². The lowest BCUT2D eigenvalue weighted by Crippen LogP contribution is -2.33. The maximum absolute atomic E-state index is 2.66. The SMILES string of the molecule is CC(C)CCN1/C(=C/C2=[N+](CCC(C)C)c3ccc4ccccc4c3C2(C)C)C(C)(C)c2c1ccc1ccccc21. The van der Waals surface area contributed by atoms with Gasteiger partial charge in [-0.05, 0) is 71.3 Å². The Balaban J connectivity index is 1.59. The minimum Gasteiger partial charge on any atom is -0.344 e. The summed E-state index contributed by atoms with van der Waals surface area (Å²) in [5.74, 6) is 1.30. The number of allylic oxidation sites excluding steroid dienone is 2. The molecule has 2 nitrogen and oxygen atoms in total. The van der Waals surface area contributed by atoms with Crippen LogP contribution in [0.5, 0.6) is 0 Å². The van der Waals surface area contributed by atoms with Crippen LogP contribution in [0.2, 0.25) is 0 Å². The predicted octanol–water partition coefficient (Wildman–Crippen LogP) is 10.1. The Kier molecular flexibility index (Phi) is 6.88. The zero-order valence-electron chi connectivity index (χ0n) is 26.4. The Labute approximate surface area is 247 Å². The van der Waals surface area contributed by atoms with Gasteiger partial charge in [-0.25, -0.2) is 0 Å². The van der Waals surface area contributed by atoms with Gasteiger partial charge in [0.05, 0.1) is 5.41 Å². The number of anilines is 1. The molecular weight excluding hydrogens is 496 g/mol. The molecule has 0 aromatic heterocycles. The van der Waals surface area contributed by atoms with Gasteiger partial charge in [0.25, 0.3) is 0 Å². The van der Waals surface area contributed by atoms with Crippen LogP contribution in [0.1, 0.15) is 79.4 Å². The molecule has 6 rings (SSSR count). The molecule has 212 valence electrons. The molecule has 0 radical (unpaired) electrons. The van der Waals surface area contributed by atoms with Gasteiger partial charge in [-0.15, -0.1) is 0 Å². The molecule has 2 aliphatic heterocycles. The molecule has 2 aliphatic rings. The van der Waals surface area contributed by atoms with Crippen molar-refractivity contribution in [1.29, 1.82) is 0 Å². The molecule has 2 heterocycles. The second kappa shape index (κ2) is 10.2. The van der Waals surface area contributed by atoms with Crippen molar-refractivity contribution in [3.05, 3.63) is 95.7 Å². The van der Waals surface area contributed by atoms with Gasteiger partial charge in [0.1, 0.15) is 6.54 Å². The third-order valence-corrected chi connectivity index (χ3v) is 9.64. The first-order valence-electron chi connectivity index (χ1n) is 15.7. The van der Waals surface area contributed by atoms with Crippen LogP contribution >= 0.6 is 0 Å². The fourth-order valence-electron chi connectivity index (χ4n) is 7.38. The largest absolute Gasteiger partial charge is 0.344 e. The lowest BCUT2D eigenvalue weighted by atomic mass is 9.76. The van der Waals surface area contributed by atoms with Gasteiger partial charge in [-0.3, -0.25) is 0 Å². The minimum absolute atomic E-state index is 0.114. The fourth-order valence-corrected chi connectivity index (χ4v) is 7.38. The van der Waals surface area contributed by atoms with Gasteiger partial charge in [-0.1, -0.05) is 96.1 Å². The summed E-state index contributed by atoms with van der Waals surface area (Å²) in [4.78, 5) is 2.66. The van der Waals surface area contributed by atoms with E-state index in [-0.39, 0.29) is 10.8 Å². The van der Waals surface area contributed by atoms with Gasteiger partial charge in [-0.2, -0.15) is 4.58 Å². The topological polar surface area (TPSA) is 6.25 Å². The summed E-state index contributed by atoms with van der Waals surface area (Å²) in [7, 11) is 0. The van der Waals surface area contributed by atoms with E-state index in [0.29, 0.717) is 11.8 Å². The van der Waals surface area contributed by atoms with Crippen LogP contribution in [0.25, 0.3) is 21.5 Å². The van der Waals surface area contributed by atoms with Crippen LogP contribution in [0.15, 0.2) is 84.6 Å². The molecule has 0 saturated heterocycles. The van der Waals surface area contributed by atoms with Gasteiger partial charge >= 0.3 is 0 Å². The lowest BCUT2D eigenvalue weighted by molar-refractivity contribution is -0.439. The number of benzene rings is 4. The number of fused-ring (bicyclic) bond motifs is 6. The molecule has 0 bridgehead atoms. The minimum atomic E-state index is -0.114. The highest BCUT2D eigenvalue weighted by atomic mass is 15.2. The smallest absolute Gasteiger partial charge is 0.210 e. The van der Waals surface area contributed by atoms with E-state index in [1.54, 1.807) is 0 Å². The maximum Gasteiger partial charge on any atom is 0.210 e. The van der Waals surface area contributed by atoms with Crippen LogP contribution in [0, 0.1) is 11.8 Å². The molecule has 0 spiro atoms. The van der Waals surface area contributed by atoms with E-state index in [1.807, 2.05) is 0 Å². The van der Waals surface area contributed by atoms with Gasteiger partial charge < -0.3 is 4.90 Å². The third-order valence-electron chi connectivity index (χ3n) is 9.64. The summed E-state index contributed by atoms with van der Waals surface area (Å²) in [6.45, 7) is 21.2. The number of rotatable bonds is 7. The average Bonchev–Trinajstić information content (AvgIpc) is 3.29. The monoisotopic (exact) mass is 543 g/mol. The van der Waals surface area contributed by atoms with Crippen molar-refractivity contribution < 1.29 is 4.58 Å². The van der Waals surface area contributed by atoms with E-state index in [1.165, 1.54) is 68.3 Å². The summed E-state index contributed by atoms with van der Waals surface area (Å²) in [6.07, 6.45) is 4.94. The molecule has 0 amide bonds. The van der Waals surface area contributed by atoms with Crippen molar-refractivity contribution in [2.24, 2.45) is 11.8 Å². The summed E-state index contributed by atoms with van der Waals surface area (Å²) < 4.78 is 2.66. The molecule has 0 fully saturated rings. The standard InChI is InChI=1S/C39H47N2/c1-26(2)21-23-40-32-19-17-28-13-9-11-15-30(28)36(32)38(5,6)34(40)25-35-39(7,8)37-31-16-12-10-14-29(31)18-20-33(37)41(35)24-22-27(3)4/h9-20,25-27H,21-24H2,1-8H3/q+1. The molecule has 4 aromatic carbocycles. The summed E-state index contributed by atoms with van der Waals surface area (Å²) >= 11 is 0. The highest BCUT2D eigenvalue weighted by Gasteiger charge is 2.48. The van der Waals surface area contributed by atoms with Gasteiger partial charge in [0.2, 0.25) is 5.69 Å². The van der Waals surface area contributed by atoms with Crippen molar-refractivity contribution >= 4 is 38.6 Å². The first-order chi connectivity index (χ1) is 19.5. The van der Waals surface area contributed by atoms with E-state index in [0.717, 1.165) is 13.1 Å². The maximum atomic E-state index is 2.66. The van der Waals surface area contributed by atoms with Gasteiger partial charge in [0.15, 0.2) is 5.71 Å². The van der Waals surface area contributed by atoms with E-state index in [2.05, 4.69) is 144 Å². The molecule has 4 aromatic rings. The molecule has 41 heavy (non-hydrogen) atoms. The summed E-state index contributed by atoms with van der Waals surface area (Å²) in [5.41, 5.74) is 8.34.